The third-order valence-electron chi connectivity index (χ3n) is 7.82. The van der Waals surface area contributed by atoms with Crippen molar-refractivity contribution in [2.75, 3.05) is 13.2 Å². The molecule has 0 radical (unpaired) electrons. The number of halogens is 1. The molecule has 1 saturated heterocycles. The monoisotopic (exact) mass is 573 g/mol. The second-order valence-corrected chi connectivity index (χ2v) is 11.4. The summed E-state index contributed by atoms with van der Waals surface area (Å²) in [6, 6.07) is 24.9. The smallest absolute Gasteiger partial charge is 0.449 e. The molecule has 0 unspecified atom stereocenters. The zero-order valence-corrected chi connectivity index (χ0v) is 23.9. The molecule has 2 aliphatic rings. The lowest BCUT2D eigenvalue weighted by atomic mass is 9.77. The standard InChI is InChI=1S/C31H33BBrNO4/c1-30(2)31(3,4)38-32(37-30)23(17-21-13-15-22(18-33)16-14-21)19-34-29(35)36-20-28-26-11-7-5-9-24(26)25-10-6-8-12-27(25)28/h5-17,28H,18-20H2,1-4H3,(H,34,35). The maximum Gasteiger partial charge on any atom is 0.492 e. The predicted molar refractivity (Wildman–Crippen MR) is 156 cm³/mol. The van der Waals surface area contributed by atoms with E-state index in [1.165, 1.54) is 27.8 Å². The Kier molecular flexibility index (Phi) is 7.54. The average Bonchev–Trinajstić information content (AvgIpc) is 3.34. The van der Waals surface area contributed by atoms with Gasteiger partial charge in [-0.05, 0) is 66.5 Å². The third-order valence-corrected chi connectivity index (χ3v) is 8.47. The Morgan fingerprint density at radius 3 is 2.03 bits per heavy atom. The van der Waals surface area contributed by atoms with Crippen molar-refractivity contribution in [3.05, 3.63) is 101 Å². The molecular weight excluding hydrogens is 541 g/mol. The molecular formula is C31H33BBrNO4. The minimum Gasteiger partial charge on any atom is -0.449 e. The number of fused-ring (bicyclic) bond motifs is 3. The highest BCUT2D eigenvalue weighted by Crippen LogP contribution is 2.44. The lowest BCUT2D eigenvalue weighted by Crippen LogP contribution is -2.41. The van der Waals surface area contributed by atoms with Gasteiger partial charge in [0.05, 0.1) is 11.2 Å². The van der Waals surface area contributed by atoms with Crippen molar-refractivity contribution in [1.29, 1.82) is 0 Å². The van der Waals surface area contributed by atoms with Crippen LogP contribution < -0.4 is 5.32 Å². The van der Waals surface area contributed by atoms with Gasteiger partial charge in [-0.15, -0.1) is 0 Å². The summed E-state index contributed by atoms with van der Waals surface area (Å²) >= 11 is 3.49. The first kappa shape index (κ1) is 26.7. The second-order valence-electron chi connectivity index (χ2n) is 10.9. The number of carbonyl (C=O) groups excluding carboxylic acids is 1. The molecule has 1 fully saturated rings. The summed E-state index contributed by atoms with van der Waals surface area (Å²) < 4.78 is 18.4. The molecule has 3 aromatic rings. The minimum absolute atomic E-state index is 0.0132. The third kappa shape index (κ3) is 5.33. The van der Waals surface area contributed by atoms with Crippen molar-refractivity contribution in [3.8, 4) is 11.1 Å². The first-order chi connectivity index (χ1) is 18.2. The van der Waals surface area contributed by atoms with Crippen molar-refractivity contribution in [1.82, 2.24) is 5.32 Å². The Labute approximate surface area is 233 Å². The highest BCUT2D eigenvalue weighted by atomic mass is 79.9. The summed E-state index contributed by atoms with van der Waals surface area (Å²) in [7, 11) is -0.579. The van der Waals surface area contributed by atoms with Crippen LogP contribution in [0.15, 0.2) is 78.3 Å². The van der Waals surface area contributed by atoms with Gasteiger partial charge >= 0.3 is 13.2 Å². The fourth-order valence-electron chi connectivity index (χ4n) is 4.94. The van der Waals surface area contributed by atoms with Gasteiger partial charge in [0.15, 0.2) is 0 Å². The molecule has 1 aliphatic heterocycles. The van der Waals surface area contributed by atoms with Gasteiger partial charge in [-0.1, -0.05) is 94.8 Å². The zero-order valence-electron chi connectivity index (χ0n) is 22.3. The number of alkyl carbamates (subject to hydrolysis) is 1. The second kappa shape index (κ2) is 10.7. The lowest BCUT2D eigenvalue weighted by Gasteiger charge is -2.32. The summed E-state index contributed by atoms with van der Waals surface area (Å²) in [6.45, 7) is 8.60. The molecule has 1 amide bonds. The quantitative estimate of drug-likeness (QED) is 0.241. The molecule has 1 N–H and O–H groups in total. The fourth-order valence-corrected chi connectivity index (χ4v) is 5.31. The SMILES string of the molecule is CC1(C)OB(C(=Cc2ccc(CBr)cc2)CNC(=O)OCC2c3ccccc3-c3ccccc32)OC1(C)C. The molecule has 196 valence electrons. The number of rotatable bonds is 7. The molecule has 0 atom stereocenters. The van der Waals surface area contributed by atoms with Crippen LogP contribution in [0.2, 0.25) is 0 Å². The molecule has 38 heavy (non-hydrogen) atoms. The molecule has 0 saturated carbocycles. The highest BCUT2D eigenvalue weighted by molar-refractivity contribution is 9.08. The van der Waals surface area contributed by atoms with Crippen LogP contribution in [-0.2, 0) is 19.4 Å². The van der Waals surface area contributed by atoms with E-state index in [0.29, 0.717) is 0 Å². The maximum atomic E-state index is 12.9. The van der Waals surface area contributed by atoms with Crippen LogP contribution in [0.25, 0.3) is 17.2 Å². The van der Waals surface area contributed by atoms with Crippen LogP contribution >= 0.6 is 15.9 Å². The van der Waals surface area contributed by atoms with E-state index < -0.39 is 24.4 Å². The Bertz CT molecular complexity index is 1290. The van der Waals surface area contributed by atoms with Crippen molar-refractivity contribution < 1.29 is 18.8 Å². The van der Waals surface area contributed by atoms with Crippen LogP contribution in [0.5, 0.6) is 0 Å². The van der Waals surface area contributed by atoms with Crippen LogP contribution in [-0.4, -0.2) is 37.6 Å². The number of alkyl halides is 1. The van der Waals surface area contributed by atoms with E-state index in [9.17, 15) is 4.79 Å². The van der Waals surface area contributed by atoms with Gasteiger partial charge in [0, 0.05) is 17.8 Å². The first-order valence-corrected chi connectivity index (χ1v) is 14.1. The summed E-state index contributed by atoms with van der Waals surface area (Å²) in [5.41, 5.74) is 6.83. The average molecular weight is 574 g/mol. The molecule has 5 rings (SSSR count). The lowest BCUT2D eigenvalue weighted by molar-refractivity contribution is 0.00578. The molecule has 5 nitrogen and oxygen atoms in total. The first-order valence-electron chi connectivity index (χ1n) is 13.0. The molecule has 0 bridgehead atoms. The Morgan fingerprint density at radius 1 is 0.921 bits per heavy atom. The fraction of sp³-hybridized carbons (Fsp3) is 0.323. The van der Waals surface area contributed by atoms with Crippen LogP contribution in [0.1, 0.15) is 55.9 Å². The van der Waals surface area contributed by atoms with Crippen LogP contribution in [0, 0.1) is 0 Å². The number of benzene rings is 3. The Morgan fingerprint density at radius 2 is 1.47 bits per heavy atom. The molecule has 0 spiro atoms. The molecule has 0 aromatic heterocycles. The van der Waals surface area contributed by atoms with E-state index in [0.717, 1.165) is 16.4 Å². The van der Waals surface area contributed by atoms with Gasteiger partial charge in [0.2, 0.25) is 0 Å². The number of amides is 1. The van der Waals surface area contributed by atoms with Gasteiger partial charge in [0.1, 0.15) is 6.61 Å². The number of ether oxygens (including phenoxy) is 1. The van der Waals surface area contributed by atoms with Crippen LogP contribution in [0.3, 0.4) is 0 Å². The van der Waals surface area contributed by atoms with Crippen molar-refractivity contribution in [2.45, 2.75) is 50.1 Å². The Hall–Kier alpha value is -2.87. The van der Waals surface area contributed by atoms with Gasteiger partial charge in [-0.2, -0.15) is 0 Å². The number of hydrogen-bond acceptors (Lipinski definition) is 4. The molecule has 3 aromatic carbocycles. The molecule has 1 heterocycles. The van der Waals surface area contributed by atoms with E-state index in [4.69, 9.17) is 14.0 Å². The van der Waals surface area contributed by atoms with E-state index in [1.54, 1.807) is 0 Å². The normalized spacial score (nSPS) is 17.7. The predicted octanol–water partition coefficient (Wildman–Crippen LogP) is 7.14. The van der Waals surface area contributed by atoms with Crippen molar-refractivity contribution in [3.63, 3.8) is 0 Å². The van der Waals surface area contributed by atoms with Crippen molar-refractivity contribution in [2.24, 2.45) is 0 Å². The van der Waals surface area contributed by atoms with Gasteiger partial charge < -0.3 is 19.4 Å². The van der Waals surface area contributed by atoms with E-state index >= 15 is 0 Å². The Balaban J connectivity index is 1.29. The maximum absolute atomic E-state index is 12.9. The van der Waals surface area contributed by atoms with E-state index in [1.807, 2.05) is 58.0 Å². The van der Waals surface area contributed by atoms with Gasteiger partial charge in [-0.3, -0.25) is 0 Å². The highest BCUT2D eigenvalue weighted by Gasteiger charge is 2.52. The topological polar surface area (TPSA) is 56.8 Å². The summed E-state index contributed by atoms with van der Waals surface area (Å²) in [5, 5.41) is 3.73. The van der Waals surface area contributed by atoms with Gasteiger partial charge in [0.25, 0.3) is 0 Å². The summed E-state index contributed by atoms with van der Waals surface area (Å²) in [6.07, 6.45) is 1.55. The zero-order chi connectivity index (χ0) is 26.9. The molecule has 1 aliphatic carbocycles. The van der Waals surface area contributed by atoms with E-state index in [-0.39, 0.29) is 19.1 Å². The minimum atomic E-state index is -0.579. The number of nitrogens with one attached hydrogen (secondary N) is 1. The summed E-state index contributed by atoms with van der Waals surface area (Å²) in [5.74, 6) is 0.0132. The number of hydrogen-bond donors (Lipinski definition) is 1. The summed E-state index contributed by atoms with van der Waals surface area (Å²) in [4.78, 5) is 12.9. The molecule has 7 heteroatoms. The van der Waals surface area contributed by atoms with Crippen LogP contribution in [0.4, 0.5) is 4.79 Å². The largest absolute Gasteiger partial charge is 0.492 e. The van der Waals surface area contributed by atoms with E-state index in [2.05, 4.69) is 69.8 Å². The number of carbonyl (C=O) groups is 1. The van der Waals surface area contributed by atoms with Gasteiger partial charge in [-0.25, -0.2) is 4.79 Å². The van der Waals surface area contributed by atoms with Crippen molar-refractivity contribution >= 4 is 35.2 Å².